The number of nitrogens with one attached hydrogen (secondary N) is 2. The minimum Gasteiger partial charge on any atom is -0.409 e. The van der Waals surface area contributed by atoms with Gasteiger partial charge < -0.3 is 15.8 Å². The fourth-order valence-corrected chi connectivity index (χ4v) is 3.18. The van der Waals surface area contributed by atoms with Crippen molar-refractivity contribution in [3.05, 3.63) is 71.0 Å². The highest BCUT2D eigenvalue weighted by Crippen LogP contribution is 2.30. The first-order chi connectivity index (χ1) is 15.1. The molecule has 3 aromatic rings. The lowest BCUT2D eigenvalue weighted by Crippen LogP contribution is -2.20. The summed E-state index contributed by atoms with van der Waals surface area (Å²) in [5.74, 6) is -0.264. The monoisotopic (exact) mass is 470 g/mol. The number of aromatic nitrogens is 2. The number of rotatable bonds is 7. The Morgan fingerprint density at radius 1 is 1.12 bits per heavy atom. The first-order valence-electron chi connectivity index (χ1n) is 8.88. The van der Waals surface area contributed by atoms with Crippen molar-refractivity contribution in [2.45, 2.75) is 24.2 Å². The maximum Gasteiger partial charge on any atom is 0.416 e. The van der Waals surface area contributed by atoms with Gasteiger partial charge >= 0.3 is 6.18 Å². The van der Waals surface area contributed by atoms with Crippen molar-refractivity contribution in [3.63, 3.8) is 0 Å². The minimum absolute atomic E-state index is 0.0121. The maximum atomic E-state index is 12.9. The van der Waals surface area contributed by atoms with Crippen molar-refractivity contribution in [1.82, 2.24) is 15.6 Å². The molecule has 0 bridgehead atoms. The van der Waals surface area contributed by atoms with Crippen LogP contribution in [-0.2, 0) is 29.3 Å². The third kappa shape index (κ3) is 5.81. The van der Waals surface area contributed by atoms with Crippen LogP contribution in [0, 0.1) is 0 Å². The van der Waals surface area contributed by atoms with E-state index < -0.39 is 21.8 Å². The second kappa shape index (κ2) is 9.33. The van der Waals surface area contributed by atoms with E-state index in [1.165, 1.54) is 24.3 Å². The molecule has 1 aromatic heterocycles. The number of anilines is 1. The second-order valence-corrected chi connectivity index (χ2v) is 8.07. The molecule has 10 nitrogen and oxygen atoms in total. The molecule has 0 atom stereocenters. The Bertz CT molecular complexity index is 1210. The quantitative estimate of drug-likeness (QED) is 0.177. The van der Waals surface area contributed by atoms with E-state index in [9.17, 15) is 26.8 Å². The van der Waals surface area contributed by atoms with E-state index in [1.54, 1.807) is 12.1 Å². The van der Waals surface area contributed by atoms with Gasteiger partial charge in [-0.1, -0.05) is 28.5 Å². The topological polar surface area (TPSA) is 156 Å². The molecule has 14 heteroatoms. The summed E-state index contributed by atoms with van der Waals surface area (Å²) >= 11 is 0. The molecular formula is C18H17F3N6O4S. The highest BCUT2D eigenvalue weighted by atomic mass is 32.2. The van der Waals surface area contributed by atoms with E-state index in [4.69, 9.17) is 5.14 Å². The highest BCUT2D eigenvalue weighted by Gasteiger charge is 2.30. The Morgan fingerprint density at radius 3 is 2.47 bits per heavy atom. The van der Waals surface area contributed by atoms with Gasteiger partial charge in [-0.25, -0.2) is 18.2 Å². The number of hydrogen-bond acceptors (Lipinski definition) is 8. The number of hydrogen-bond donors (Lipinski definition) is 4. The molecule has 2 aromatic carbocycles. The molecule has 3 rings (SSSR count). The van der Waals surface area contributed by atoms with Crippen molar-refractivity contribution in [2.24, 2.45) is 10.3 Å². The standard InChI is InChI=1S/C18H17F3N6O4S/c19-18(20,21)12-2-1-3-13(8-12)24-17(25-28)16-15(26-31-27-16)10-23-9-11-4-6-14(7-5-11)32(22,29)30/h1-8,23,28H,9-10H2,(H,24,25)(H2,22,29,30). The molecule has 0 saturated carbocycles. The van der Waals surface area contributed by atoms with Gasteiger partial charge in [-0.3, -0.25) is 0 Å². The van der Waals surface area contributed by atoms with Crippen molar-refractivity contribution < 1.29 is 31.4 Å². The van der Waals surface area contributed by atoms with Gasteiger partial charge in [0.25, 0.3) is 0 Å². The van der Waals surface area contributed by atoms with Crippen LogP contribution in [0.1, 0.15) is 22.5 Å². The molecule has 0 aliphatic heterocycles. The molecule has 170 valence electrons. The Kier molecular flexibility index (Phi) is 6.76. The Hall–Kier alpha value is -3.49. The van der Waals surface area contributed by atoms with E-state index in [1.807, 2.05) is 0 Å². The van der Waals surface area contributed by atoms with Crippen LogP contribution in [0.4, 0.5) is 18.9 Å². The third-order valence-electron chi connectivity index (χ3n) is 4.21. The molecule has 1 heterocycles. The first kappa shape index (κ1) is 23.2. The molecule has 0 unspecified atom stereocenters. The summed E-state index contributed by atoms with van der Waals surface area (Å²) in [6.45, 7) is 0.406. The second-order valence-electron chi connectivity index (χ2n) is 6.50. The Balaban J connectivity index is 1.66. The minimum atomic E-state index is -4.54. The molecule has 0 radical (unpaired) electrons. The van der Waals surface area contributed by atoms with Crippen LogP contribution in [0.3, 0.4) is 0 Å². The number of nitrogens with two attached hydrogens (primary N) is 1. The molecule has 5 N–H and O–H groups in total. The first-order valence-corrected chi connectivity index (χ1v) is 10.4. The average Bonchev–Trinajstić information content (AvgIpc) is 3.20. The van der Waals surface area contributed by atoms with Gasteiger partial charge in [0, 0.05) is 18.8 Å². The maximum absolute atomic E-state index is 12.9. The number of amidine groups is 1. The lowest BCUT2D eigenvalue weighted by Gasteiger charge is -2.11. The van der Waals surface area contributed by atoms with Gasteiger partial charge in [-0.15, -0.1) is 0 Å². The summed E-state index contributed by atoms with van der Waals surface area (Å²) in [5, 5.41) is 30.3. The fourth-order valence-electron chi connectivity index (χ4n) is 2.67. The summed E-state index contributed by atoms with van der Waals surface area (Å²) in [5.41, 5.74) is 0.0897. The highest BCUT2D eigenvalue weighted by molar-refractivity contribution is 7.89. The fraction of sp³-hybridized carbons (Fsp3) is 0.167. The zero-order valence-electron chi connectivity index (χ0n) is 16.2. The van der Waals surface area contributed by atoms with Crippen LogP contribution in [0.15, 0.2) is 63.2 Å². The van der Waals surface area contributed by atoms with Gasteiger partial charge in [0.1, 0.15) is 5.69 Å². The number of alkyl halides is 3. The normalized spacial score (nSPS) is 12.7. The average molecular weight is 470 g/mol. The molecule has 0 amide bonds. The zero-order valence-corrected chi connectivity index (χ0v) is 17.0. The van der Waals surface area contributed by atoms with Crippen LogP contribution < -0.4 is 15.8 Å². The van der Waals surface area contributed by atoms with E-state index in [0.717, 1.165) is 17.7 Å². The van der Waals surface area contributed by atoms with Crippen LogP contribution in [0.2, 0.25) is 0 Å². The summed E-state index contributed by atoms with van der Waals surface area (Å²) < 4.78 is 65.9. The van der Waals surface area contributed by atoms with Gasteiger partial charge in [-0.2, -0.15) is 13.2 Å². The Labute approximate surface area is 179 Å². The van der Waals surface area contributed by atoms with Crippen LogP contribution in [-0.4, -0.2) is 29.8 Å². The largest absolute Gasteiger partial charge is 0.416 e. The molecular weight excluding hydrogens is 453 g/mol. The molecule has 32 heavy (non-hydrogen) atoms. The van der Waals surface area contributed by atoms with Crippen molar-refractivity contribution in [1.29, 1.82) is 0 Å². The van der Waals surface area contributed by atoms with E-state index in [0.29, 0.717) is 6.54 Å². The smallest absolute Gasteiger partial charge is 0.409 e. The summed E-state index contributed by atoms with van der Waals surface area (Å²) in [7, 11) is -3.79. The van der Waals surface area contributed by atoms with E-state index in [2.05, 4.69) is 30.7 Å². The summed E-state index contributed by atoms with van der Waals surface area (Å²) in [6.07, 6.45) is -4.54. The lowest BCUT2D eigenvalue weighted by atomic mass is 10.2. The number of oxime groups is 1. The van der Waals surface area contributed by atoms with Gasteiger partial charge in [0.05, 0.1) is 10.5 Å². The van der Waals surface area contributed by atoms with Crippen LogP contribution in [0.5, 0.6) is 0 Å². The summed E-state index contributed by atoms with van der Waals surface area (Å²) in [6, 6.07) is 10.2. The molecule has 0 spiro atoms. The van der Waals surface area contributed by atoms with Crippen molar-refractivity contribution in [3.8, 4) is 0 Å². The number of primary sulfonamides is 1. The van der Waals surface area contributed by atoms with E-state index in [-0.39, 0.29) is 34.4 Å². The Morgan fingerprint density at radius 2 is 1.84 bits per heavy atom. The number of sulfonamides is 1. The molecule has 0 saturated heterocycles. The van der Waals surface area contributed by atoms with Crippen molar-refractivity contribution in [2.75, 3.05) is 5.32 Å². The van der Waals surface area contributed by atoms with E-state index >= 15 is 0 Å². The number of benzene rings is 2. The zero-order chi connectivity index (χ0) is 23.4. The van der Waals surface area contributed by atoms with Crippen LogP contribution >= 0.6 is 0 Å². The van der Waals surface area contributed by atoms with Gasteiger partial charge in [0.2, 0.25) is 15.9 Å². The molecule has 0 aliphatic carbocycles. The predicted molar refractivity (Wildman–Crippen MR) is 106 cm³/mol. The van der Waals surface area contributed by atoms with Crippen molar-refractivity contribution >= 4 is 21.5 Å². The number of halogens is 3. The van der Waals surface area contributed by atoms with Gasteiger partial charge in [-0.05, 0) is 41.1 Å². The third-order valence-corrected chi connectivity index (χ3v) is 5.14. The van der Waals surface area contributed by atoms with Gasteiger partial charge in [0.15, 0.2) is 5.69 Å². The SMILES string of the molecule is NS(=O)(=O)c1ccc(CNCc2nonc2/C(=N/O)Nc2cccc(C(F)(F)F)c2)cc1. The lowest BCUT2D eigenvalue weighted by molar-refractivity contribution is -0.137. The molecule has 0 fully saturated rings. The van der Waals surface area contributed by atoms with Crippen LogP contribution in [0.25, 0.3) is 0 Å². The molecule has 0 aliphatic rings. The number of nitrogens with zero attached hydrogens (tertiary/aromatic N) is 3. The summed E-state index contributed by atoms with van der Waals surface area (Å²) in [4.78, 5) is -0.0197. The predicted octanol–water partition coefficient (Wildman–Crippen LogP) is 2.27.